The van der Waals surface area contributed by atoms with Crippen LogP contribution in [0.5, 0.6) is 0 Å². The molecule has 0 aliphatic carbocycles. The first kappa shape index (κ1) is 17.4. The number of rotatable bonds is 5. The van der Waals surface area contributed by atoms with Gasteiger partial charge in [-0.1, -0.05) is 13.8 Å². The lowest BCUT2D eigenvalue weighted by Gasteiger charge is -2.13. The number of aryl methyl sites for hydroxylation is 1. The van der Waals surface area contributed by atoms with E-state index in [1.807, 2.05) is 13.8 Å². The van der Waals surface area contributed by atoms with Gasteiger partial charge in [-0.15, -0.1) is 0 Å². The summed E-state index contributed by atoms with van der Waals surface area (Å²) in [5, 5.41) is 11.9. The largest absolute Gasteiger partial charge is 0.433 e. The molecule has 0 aromatic carbocycles. The van der Waals surface area contributed by atoms with Crippen LogP contribution in [-0.4, -0.2) is 27.1 Å². The molecule has 0 aliphatic heterocycles. The number of hydrogen-bond acceptors (Lipinski definition) is 4. The number of alkyl halides is 3. The maximum Gasteiger partial charge on any atom is 0.433 e. The van der Waals surface area contributed by atoms with Crippen molar-refractivity contribution in [2.24, 2.45) is 5.92 Å². The monoisotopic (exact) mass is 305 g/mol. The molecule has 0 radical (unpaired) electrons. The van der Waals surface area contributed by atoms with E-state index < -0.39 is 23.9 Å². The molecular formula is C13H18F3N3O2. The number of amides is 1. The SMILES string of the molecule is Cc1cc(C(F)(F)F)nc(CNC(=O)C(O)CC(C)C)n1. The lowest BCUT2D eigenvalue weighted by molar-refractivity contribution is -0.141. The summed E-state index contributed by atoms with van der Waals surface area (Å²) >= 11 is 0. The Balaban J connectivity index is 2.72. The van der Waals surface area contributed by atoms with Gasteiger partial charge in [0.15, 0.2) is 0 Å². The number of hydrogen-bond donors (Lipinski definition) is 2. The fourth-order valence-electron chi connectivity index (χ4n) is 1.69. The molecule has 1 heterocycles. The van der Waals surface area contributed by atoms with Crippen LogP contribution in [0.15, 0.2) is 6.07 Å². The number of nitrogens with zero attached hydrogens (tertiary/aromatic N) is 2. The van der Waals surface area contributed by atoms with E-state index in [1.54, 1.807) is 0 Å². The summed E-state index contributed by atoms with van der Waals surface area (Å²) in [6.07, 6.45) is -5.49. The molecule has 2 N–H and O–H groups in total. The first-order valence-electron chi connectivity index (χ1n) is 6.47. The molecule has 5 nitrogen and oxygen atoms in total. The molecule has 1 amide bonds. The molecule has 1 rings (SSSR count). The Morgan fingerprint density at radius 1 is 1.38 bits per heavy atom. The molecule has 1 unspecified atom stereocenters. The number of aromatic nitrogens is 2. The Bertz CT molecular complexity index is 504. The maximum atomic E-state index is 12.6. The molecule has 8 heteroatoms. The van der Waals surface area contributed by atoms with Crippen LogP contribution >= 0.6 is 0 Å². The molecule has 0 saturated heterocycles. The second-order valence-corrected chi connectivity index (χ2v) is 5.17. The summed E-state index contributed by atoms with van der Waals surface area (Å²) in [4.78, 5) is 18.8. The van der Waals surface area contributed by atoms with Crippen LogP contribution in [0.3, 0.4) is 0 Å². The Morgan fingerprint density at radius 2 is 2.00 bits per heavy atom. The molecule has 0 bridgehead atoms. The standard InChI is InChI=1S/C13H18F3N3O2/c1-7(2)4-9(20)12(21)17-6-11-18-8(3)5-10(19-11)13(14,15)16/h5,7,9,20H,4,6H2,1-3H3,(H,17,21). The fraction of sp³-hybridized carbons (Fsp3) is 0.615. The van der Waals surface area contributed by atoms with Crippen molar-refractivity contribution in [2.75, 3.05) is 0 Å². The molecule has 1 atom stereocenters. The van der Waals surface area contributed by atoms with Crippen molar-refractivity contribution in [1.82, 2.24) is 15.3 Å². The maximum absolute atomic E-state index is 12.6. The molecular weight excluding hydrogens is 287 g/mol. The second-order valence-electron chi connectivity index (χ2n) is 5.17. The minimum absolute atomic E-state index is 0.123. The van der Waals surface area contributed by atoms with Gasteiger partial charge < -0.3 is 10.4 Å². The van der Waals surface area contributed by atoms with Crippen molar-refractivity contribution in [3.63, 3.8) is 0 Å². The van der Waals surface area contributed by atoms with E-state index in [0.717, 1.165) is 6.07 Å². The number of halogens is 3. The fourth-order valence-corrected chi connectivity index (χ4v) is 1.69. The van der Waals surface area contributed by atoms with Crippen LogP contribution < -0.4 is 5.32 Å². The molecule has 0 spiro atoms. The zero-order valence-electron chi connectivity index (χ0n) is 12.0. The summed E-state index contributed by atoms with van der Waals surface area (Å²) in [6, 6.07) is 0.832. The van der Waals surface area contributed by atoms with E-state index in [0.29, 0.717) is 0 Å². The third-order valence-electron chi connectivity index (χ3n) is 2.61. The van der Waals surface area contributed by atoms with E-state index in [1.165, 1.54) is 6.92 Å². The lowest BCUT2D eigenvalue weighted by atomic mass is 10.1. The second kappa shape index (κ2) is 6.84. The number of carbonyl (C=O) groups is 1. The summed E-state index contributed by atoms with van der Waals surface area (Å²) in [5.41, 5.74) is -0.897. The highest BCUT2D eigenvalue weighted by Gasteiger charge is 2.33. The van der Waals surface area contributed by atoms with Gasteiger partial charge in [0.1, 0.15) is 17.6 Å². The van der Waals surface area contributed by atoms with Crippen LogP contribution in [0, 0.1) is 12.8 Å². The number of carbonyl (C=O) groups excluding carboxylic acids is 1. The van der Waals surface area contributed by atoms with Crippen molar-refractivity contribution in [3.05, 3.63) is 23.3 Å². The summed E-state index contributed by atoms with van der Waals surface area (Å²) in [5.74, 6) is -0.674. The predicted molar refractivity (Wildman–Crippen MR) is 69.1 cm³/mol. The van der Waals surface area contributed by atoms with E-state index in [9.17, 15) is 23.1 Å². The normalized spacial score (nSPS) is 13.3. The van der Waals surface area contributed by atoms with Crippen molar-refractivity contribution in [2.45, 2.75) is 46.0 Å². The van der Waals surface area contributed by atoms with Crippen LogP contribution in [0.1, 0.15) is 37.5 Å². The third kappa shape index (κ3) is 5.66. The van der Waals surface area contributed by atoms with Crippen LogP contribution in [0.2, 0.25) is 0 Å². The zero-order valence-corrected chi connectivity index (χ0v) is 12.0. The van der Waals surface area contributed by atoms with Gasteiger partial charge in [0.05, 0.1) is 6.54 Å². The number of aliphatic hydroxyl groups excluding tert-OH is 1. The van der Waals surface area contributed by atoms with Gasteiger partial charge in [0, 0.05) is 5.69 Å². The van der Waals surface area contributed by atoms with Gasteiger partial charge in [0.2, 0.25) is 5.91 Å². The number of aliphatic hydroxyl groups is 1. The Morgan fingerprint density at radius 3 is 2.52 bits per heavy atom. The van der Waals surface area contributed by atoms with E-state index in [-0.39, 0.29) is 30.4 Å². The minimum Gasteiger partial charge on any atom is -0.383 e. The molecule has 1 aromatic rings. The van der Waals surface area contributed by atoms with Gasteiger partial charge in [-0.2, -0.15) is 13.2 Å². The van der Waals surface area contributed by atoms with Gasteiger partial charge in [-0.25, -0.2) is 9.97 Å². The van der Waals surface area contributed by atoms with E-state index in [4.69, 9.17) is 0 Å². The van der Waals surface area contributed by atoms with E-state index >= 15 is 0 Å². The topological polar surface area (TPSA) is 75.1 Å². The number of nitrogens with one attached hydrogen (secondary N) is 1. The van der Waals surface area contributed by atoms with Crippen molar-refractivity contribution >= 4 is 5.91 Å². The summed E-state index contributed by atoms with van der Waals surface area (Å²) < 4.78 is 37.8. The minimum atomic E-state index is -4.57. The third-order valence-corrected chi connectivity index (χ3v) is 2.61. The zero-order chi connectivity index (χ0) is 16.2. The average molecular weight is 305 g/mol. The van der Waals surface area contributed by atoms with Gasteiger partial charge in [-0.05, 0) is 25.3 Å². The smallest absolute Gasteiger partial charge is 0.383 e. The highest BCUT2D eigenvalue weighted by atomic mass is 19.4. The lowest BCUT2D eigenvalue weighted by Crippen LogP contribution is -2.35. The molecule has 0 aliphatic rings. The molecule has 118 valence electrons. The highest BCUT2D eigenvalue weighted by molar-refractivity contribution is 5.80. The van der Waals surface area contributed by atoms with Crippen molar-refractivity contribution in [3.8, 4) is 0 Å². The first-order chi connectivity index (χ1) is 9.59. The van der Waals surface area contributed by atoms with Crippen molar-refractivity contribution < 1.29 is 23.1 Å². The van der Waals surface area contributed by atoms with Gasteiger partial charge >= 0.3 is 6.18 Å². The molecule has 21 heavy (non-hydrogen) atoms. The van der Waals surface area contributed by atoms with E-state index in [2.05, 4.69) is 15.3 Å². The predicted octanol–water partition coefficient (Wildman–Crippen LogP) is 1.83. The van der Waals surface area contributed by atoms with Gasteiger partial charge in [0.25, 0.3) is 0 Å². The Labute approximate surface area is 120 Å². The Hall–Kier alpha value is -1.70. The highest BCUT2D eigenvalue weighted by Crippen LogP contribution is 2.27. The van der Waals surface area contributed by atoms with Crippen LogP contribution in [0.4, 0.5) is 13.2 Å². The molecule has 1 aromatic heterocycles. The van der Waals surface area contributed by atoms with Crippen molar-refractivity contribution in [1.29, 1.82) is 0 Å². The molecule has 0 fully saturated rings. The van der Waals surface area contributed by atoms with Gasteiger partial charge in [-0.3, -0.25) is 4.79 Å². The quantitative estimate of drug-likeness (QED) is 0.870. The average Bonchev–Trinajstić information content (AvgIpc) is 2.33. The molecule has 0 saturated carbocycles. The summed E-state index contributed by atoms with van der Waals surface area (Å²) in [6.45, 7) is 4.83. The first-order valence-corrected chi connectivity index (χ1v) is 6.47. The van der Waals surface area contributed by atoms with Crippen LogP contribution in [-0.2, 0) is 17.5 Å². The van der Waals surface area contributed by atoms with Crippen LogP contribution in [0.25, 0.3) is 0 Å². The Kier molecular flexibility index (Phi) is 5.65. The summed E-state index contributed by atoms with van der Waals surface area (Å²) in [7, 11) is 0.